The van der Waals surface area contributed by atoms with Crippen molar-refractivity contribution < 1.29 is 31.1 Å². The second-order valence-electron chi connectivity index (χ2n) is 10.3. The highest BCUT2D eigenvalue weighted by Gasteiger charge is 2.33. The Morgan fingerprint density at radius 2 is 1.50 bits per heavy atom. The second kappa shape index (κ2) is 11.5. The highest BCUT2D eigenvalue weighted by molar-refractivity contribution is 5.76. The van der Waals surface area contributed by atoms with Crippen LogP contribution in [0.1, 0.15) is 55.2 Å². The van der Waals surface area contributed by atoms with Crippen molar-refractivity contribution >= 4 is 17.3 Å². The number of amides is 1. The quantitative estimate of drug-likeness (QED) is 0.395. The lowest BCUT2D eigenvalue weighted by Crippen LogP contribution is -2.42. The summed E-state index contributed by atoms with van der Waals surface area (Å²) in [5.74, 6) is 0.497. The third kappa shape index (κ3) is 7.14. The van der Waals surface area contributed by atoms with Gasteiger partial charge in [-0.05, 0) is 86.9 Å². The fourth-order valence-electron chi connectivity index (χ4n) is 5.35. The number of piperidine rings is 2. The zero-order valence-corrected chi connectivity index (χ0v) is 21.3. The van der Waals surface area contributed by atoms with E-state index in [0.717, 1.165) is 56.2 Å². The molecule has 2 heterocycles. The number of rotatable bonds is 6. The molecule has 0 aliphatic carbocycles. The molecule has 0 atom stereocenters. The first-order valence-corrected chi connectivity index (χ1v) is 13.0. The minimum Gasteiger partial charge on any atom is -0.382 e. The van der Waals surface area contributed by atoms with E-state index in [1.807, 2.05) is 4.90 Å². The smallest absolute Gasteiger partial charge is 0.382 e. The molecule has 1 amide bonds. The van der Waals surface area contributed by atoms with E-state index in [4.69, 9.17) is 0 Å². The topological polar surface area (TPSA) is 35.6 Å². The molecule has 208 valence electrons. The number of benzene rings is 2. The van der Waals surface area contributed by atoms with Gasteiger partial charge < -0.3 is 15.1 Å². The molecule has 0 spiro atoms. The molecule has 2 saturated heterocycles. The predicted octanol–water partition coefficient (Wildman–Crippen LogP) is 7.13. The van der Waals surface area contributed by atoms with Gasteiger partial charge in [0.15, 0.2) is 0 Å². The molecule has 4 rings (SSSR count). The molecule has 2 aliphatic heterocycles. The molecule has 0 saturated carbocycles. The second-order valence-corrected chi connectivity index (χ2v) is 10.3. The molecular formula is C28H33F6N3O. The molecule has 2 fully saturated rings. The van der Waals surface area contributed by atoms with Gasteiger partial charge >= 0.3 is 12.4 Å². The van der Waals surface area contributed by atoms with Crippen LogP contribution in [-0.2, 0) is 17.1 Å². The molecule has 2 aromatic rings. The summed E-state index contributed by atoms with van der Waals surface area (Å²) in [5, 5.41) is 3.19. The van der Waals surface area contributed by atoms with Crippen molar-refractivity contribution in [2.75, 3.05) is 36.4 Å². The van der Waals surface area contributed by atoms with Crippen LogP contribution in [0.5, 0.6) is 0 Å². The minimum atomic E-state index is -4.39. The fraction of sp³-hybridized carbons (Fsp3) is 0.536. The summed E-state index contributed by atoms with van der Waals surface area (Å²) in [6.07, 6.45) is -4.38. The third-order valence-corrected chi connectivity index (χ3v) is 7.70. The number of hydrogen-bond acceptors (Lipinski definition) is 3. The summed E-state index contributed by atoms with van der Waals surface area (Å²) in [5.41, 5.74) is 0.119. The van der Waals surface area contributed by atoms with Crippen LogP contribution in [0.2, 0.25) is 0 Å². The largest absolute Gasteiger partial charge is 0.416 e. The highest BCUT2D eigenvalue weighted by atomic mass is 19.4. The van der Waals surface area contributed by atoms with E-state index in [0.29, 0.717) is 44.0 Å². The van der Waals surface area contributed by atoms with Crippen molar-refractivity contribution in [3.63, 3.8) is 0 Å². The van der Waals surface area contributed by atoms with E-state index in [-0.39, 0.29) is 17.5 Å². The normalized spacial score (nSPS) is 18.1. The van der Waals surface area contributed by atoms with Crippen molar-refractivity contribution in [3.05, 3.63) is 59.2 Å². The first-order chi connectivity index (χ1) is 17.9. The average Bonchev–Trinajstić information content (AvgIpc) is 2.88. The van der Waals surface area contributed by atoms with Gasteiger partial charge in [-0.3, -0.25) is 4.79 Å². The predicted molar refractivity (Wildman–Crippen MR) is 135 cm³/mol. The van der Waals surface area contributed by atoms with E-state index < -0.39 is 23.5 Å². The zero-order valence-electron chi connectivity index (χ0n) is 21.3. The van der Waals surface area contributed by atoms with Crippen LogP contribution in [0.3, 0.4) is 0 Å². The molecule has 10 heteroatoms. The number of alkyl halides is 6. The van der Waals surface area contributed by atoms with Crippen molar-refractivity contribution in [1.29, 1.82) is 0 Å². The van der Waals surface area contributed by atoms with Crippen LogP contribution < -0.4 is 10.2 Å². The first-order valence-electron chi connectivity index (χ1n) is 13.0. The van der Waals surface area contributed by atoms with Gasteiger partial charge in [0, 0.05) is 50.0 Å². The monoisotopic (exact) mass is 541 g/mol. The first kappa shape index (κ1) is 28.1. The van der Waals surface area contributed by atoms with Crippen LogP contribution in [0.25, 0.3) is 0 Å². The number of nitrogens with one attached hydrogen (secondary N) is 1. The Balaban J connectivity index is 1.17. The van der Waals surface area contributed by atoms with Crippen molar-refractivity contribution in [2.45, 2.75) is 63.8 Å². The van der Waals surface area contributed by atoms with E-state index in [2.05, 4.69) is 10.2 Å². The lowest BCUT2D eigenvalue weighted by Gasteiger charge is -2.35. The van der Waals surface area contributed by atoms with Crippen LogP contribution in [0.15, 0.2) is 42.5 Å². The number of halogens is 6. The molecule has 0 bridgehead atoms. The summed E-state index contributed by atoms with van der Waals surface area (Å²) in [7, 11) is 0. The van der Waals surface area contributed by atoms with Gasteiger partial charge in [0.05, 0.1) is 11.1 Å². The molecule has 2 aromatic carbocycles. The van der Waals surface area contributed by atoms with Gasteiger partial charge in [-0.2, -0.15) is 26.3 Å². The summed E-state index contributed by atoms with van der Waals surface area (Å²) >= 11 is 0. The van der Waals surface area contributed by atoms with Gasteiger partial charge in [0.2, 0.25) is 5.91 Å². The lowest BCUT2D eigenvalue weighted by molar-refractivity contribution is -0.138. The van der Waals surface area contributed by atoms with E-state index >= 15 is 0 Å². The average molecular weight is 542 g/mol. The standard InChI is InChI=1S/C28H33F6N3O/c1-19-2-6-23(18-25(19)28(32,33)34)35-22-12-16-37(17-13-22)26(38)9-3-20-10-14-36(15-11-20)24-7-4-21(5-8-24)27(29,30)31/h2,4-8,18,20,22,35H,3,9-17H2,1H3. The van der Waals surface area contributed by atoms with Crippen molar-refractivity contribution in [3.8, 4) is 0 Å². The maximum absolute atomic E-state index is 13.2. The van der Waals surface area contributed by atoms with Gasteiger partial charge in [0.1, 0.15) is 0 Å². The van der Waals surface area contributed by atoms with Crippen LogP contribution >= 0.6 is 0 Å². The number of likely N-dealkylation sites (tertiary alicyclic amines) is 1. The Kier molecular flexibility index (Phi) is 8.47. The van der Waals surface area contributed by atoms with Crippen molar-refractivity contribution in [1.82, 2.24) is 4.90 Å². The lowest BCUT2D eigenvalue weighted by atomic mass is 9.91. The van der Waals surface area contributed by atoms with Crippen molar-refractivity contribution in [2.24, 2.45) is 5.92 Å². The minimum absolute atomic E-state index is 0.0114. The molecule has 4 nitrogen and oxygen atoms in total. The number of aryl methyl sites for hydroxylation is 1. The van der Waals surface area contributed by atoms with E-state index in [1.165, 1.54) is 25.1 Å². The number of hydrogen-bond donors (Lipinski definition) is 1. The van der Waals surface area contributed by atoms with Gasteiger partial charge in [-0.1, -0.05) is 6.07 Å². The Bertz CT molecular complexity index is 1080. The summed E-state index contributed by atoms with van der Waals surface area (Å²) in [6, 6.07) is 9.53. The summed E-state index contributed by atoms with van der Waals surface area (Å²) in [6.45, 7) is 4.08. The third-order valence-electron chi connectivity index (χ3n) is 7.70. The van der Waals surface area contributed by atoms with E-state index in [9.17, 15) is 31.1 Å². The summed E-state index contributed by atoms with van der Waals surface area (Å²) in [4.78, 5) is 16.7. The molecule has 38 heavy (non-hydrogen) atoms. The number of anilines is 2. The van der Waals surface area contributed by atoms with E-state index in [1.54, 1.807) is 6.07 Å². The number of nitrogens with zero attached hydrogens (tertiary/aromatic N) is 2. The Hall–Kier alpha value is -2.91. The van der Waals surface area contributed by atoms with Gasteiger partial charge in [0.25, 0.3) is 0 Å². The van der Waals surface area contributed by atoms with Crippen LogP contribution in [0.4, 0.5) is 37.7 Å². The Labute approximate surface area is 219 Å². The summed E-state index contributed by atoms with van der Waals surface area (Å²) < 4.78 is 77.9. The molecule has 0 radical (unpaired) electrons. The maximum atomic E-state index is 13.2. The highest BCUT2D eigenvalue weighted by Crippen LogP contribution is 2.34. The Morgan fingerprint density at radius 3 is 2.08 bits per heavy atom. The molecular weight excluding hydrogens is 508 g/mol. The fourth-order valence-corrected chi connectivity index (χ4v) is 5.35. The number of carbonyl (C=O) groups excluding carboxylic acids is 1. The van der Waals surface area contributed by atoms with Crippen LogP contribution in [0, 0.1) is 12.8 Å². The molecule has 2 aliphatic rings. The molecule has 1 N–H and O–H groups in total. The number of carbonyl (C=O) groups is 1. The van der Waals surface area contributed by atoms with Gasteiger partial charge in [-0.25, -0.2) is 0 Å². The van der Waals surface area contributed by atoms with Crippen LogP contribution in [-0.4, -0.2) is 43.0 Å². The Morgan fingerprint density at radius 1 is 0.868 bits per heavy atom. The SMILES string of the molecule is Cc1ccc(NC2CCN(C(=O)CCC3CCN(c4ccc(C(F)(F)F)cc4)CC3)CC2)cc1C(F)(F)F. The zero-order chi connectivity index (χ0) is 27.5. The van der Waals surface area contributed by atoms with Gasteiger partial charge in [-0.15, -0.1) is 0 Å². The molecule has 0 aromatic heterocycles. The maximum Gasteiger partial charge on any atom is 0.416 e. The molecule has 0 unspecified atom stereocenters.